The summed E-state index contributed by atoms with van der Waals surface area (Å²) in [6.45, 7) is 4.04. The van der Waals surface area contributed by atoms with Crippen molar-refractivity contribution in [3.8, 4) is 28.4 Å². The molecule has 0 N–H and O–H groups in total. The third-order valence-corrected chi connectivity index (χ3v) is 4.54. The van der Waals surface area contributed by atoms with E-state index in [9.17, 15) is 18.0 Å². The van der Waals surface area contributed by atoms with Gasteiger partial charge in [0.2, 0.25) is 11.2 Å². The lowest BCUT2D eigenvalue weighted by Gasteiger charge is -2.15. The van der Waals surface area contributed by atoms with Crippen LogP contribution < -0.4 is 19.6 Å². The van der Waals surface area contributed by atoms with Gasteiger partial charge in [0.15, 0.2) is 11.5 Å². The Morgan fingerprint density at radius 3 is 2.35 bits per heavy atom. The molecule has 3 rings (SSSR count). The quantitative estimate of drug-likeness (QED) is 0.456. The van der Waals surface area contributed by atoms with Crippen molar-refractivity contribution in [2.75, 3.05) is 20.8 Å². The van der Waals surface area contributed by atoms with Gasteiger partial charge in [0.1, 0.15) is 17.9 Å². The summed E-state index contributed by atoms with van der Waals surface area (Å²) in [5.74, 6) is -0.586. The van der Waals surface area contributed by atoms with Gasteiger partial charge in [-0.15, -0.1) is 0 Å². The summed E-state index contributed by atoms with van der Waals surface area (Å²) < 4.78 is 62.5. The number of hydrogen-bond acceptors (Lipinski definition) is 5. The van der Waals surface area contributed by atoms with Crippen molar-refractivity contribution in [1.29, 1.82) is 0 Å². The summed E-state index contributed by atoms with van der Waals surface area (Å²) in [4.78, 5) is 13.1. The molecule has 0 spiro atoms. The molecule has 0 aliphatic carbocycles. The standard InChI is InChI=1S/C23H21F3O5/c1-13(2)9-10-30-15-6-7-16-18(12-15)31-22(23(24,25)26)20(21(16)27)14-5-8-17(28-3)19(11-14)29-4/h5-9,11-12H,10H2,1-4H3. The second-order valence-corrected chi connectivity index (χ2v) is 6.95. The van der Waals surface area contributed by atoms with Crippen molar-refractivity contribution in [2.24, 2.45) is 0 Å². The molecule has 0 saturated heterocycles. The molecule has 0 atom stereocenters. The van der Waals surface area contributed by atoms with Gasteiger partial charge in [0, 0.05) is 6.07 Å². The summed E-state index contributed by atoms with van der Waals surface area (Å²) in [7, 11) is 2.76. The number of fused-ring (bicyclic) bond motifs is 1. The van der Waals surface area contributed by atoms with Crippen molar-refractivity contribution >= 4 is 11.0 Å². The van der Waals surface area contributed by atoms with Gasteiger partial charge in [0.25, 0.3) is 0 Å². The number of allylic oxidation sites excluding steroid dienone is 1. The second-order valence-electron chi connectivity index (χ2n) is 6.95. The Morgan fingerprint density at radius 2 is 1.74 bits per heavy atom. The van der Waals surface area contributed by atoms with Crippen LogP contribution in [0.25, 0.3) is 22.1 Å². The minimum atomic E-state index is -4.89. The Kier molecular flexibility index (Phi) is 6.29. The van der Waals surface area contributed by atoms with Crippen LogP contribution in [0.2, 0.25) is 0 Å². The number of rotatable bonds is 6. The smallest absolute Gasteiger partial charge is 0.450 e. The molecule has 0 aliphatic rings. The van der Waals surface area contributed by atoms with Crippen molar-refractivity contribution in [3.05, 3.63) is 64.0 Å². The number of benzene rings is 2. The summed E-state index contributed by atoms with van der Waals surface area (Å²) in [6.07, 6.45) is -3.07. The van der Waals surface area contributed by atoms with Crippen molar-refractivity contribution in [1.82, 2.24) is 0 Å². The molecule has 3 aromatic rings. The molecule has 0 bridgehead atoms. The lowest BCUT2D eigenvalue weighted by Crippen LogP contribution is -2.16. The fourth-order valence-corrected chi connectivity index (χ4v) is 3.02. The SMILES string of the molecule is COc1ccc(-c2c(C(F)(F)F)oc3cc(OCC=C(C)C)ccc3c2=O)cc1OC. The Balaban J connectivity index is 2.21. The zero-order valence-electron chi connectivity index (χ0n) is 17.4. The maximum Gasteiger partial charge on any atom is 0.450 e. The van der Waals surface area contributed by atoms with Crippen molar-refractivity contribution in [3.63, 3.8) is 0 Å². The molecular formula is C23H21F3O5. The van der Waals surface area contributed by atoms with Gasteiger partial charge in [-0.3, -0.25) is 4.79 Å². The highest BCUT2D eigenvalue weighted by Crippen LogP contribution is 2.40. The van der Waals surface area contributed by atoms with Crippen LogP contribution in [0, 0.1) is 0 Å². The summed E-state index contributed by atoms with van der Waals surface area (Å²) in [5.41, 5.74) is -0.581. The molecule has 1 aromatic heterocycles. The first-order valence-corrected chi connectivity index (χ1v) is 9.32. The van der Waals surface area contributed by atoms with E-state index in [4.69, 9.17) is 18.6 Å². The highest BCUT2D eigenvalue weighted by molar-refractivity contribution is 5.84. The lowest BCUT2D eigenvalue weighted by atomic mass is 10.0. The highest BCUT2D eigenvalue weighted by atomic mass is 19.4. The predicted octanol–water partition coefficient (Wildman–Crippen LogP) is 5.84. The van der Waals surface area contributed by atoms with Crippen LogP contribution in [-0.4, -0.2) is 20.8 Å². The van der Waals surface area contributed by atoms with E-state index >= 15 is 0 Å². The number of ether oxygens (including phenoxy) is 3. The molecular weight excluding hydrogens is 413 g/mol. The first-order chi connectivity index (χ1) is 14.7. The molecule has 5 nitrogen and oxygen atoms in total. The fourth-order valence-electron chi connectivity index (χ4n) is 3.02. The molecule has 31 heavy (non-hydrogen) atoms. The molecule has 0 saturated carbocycles. The molecule has 8 heteroatoms. The van der Waals surface area contributed by atoms with Gasteiger partial charge in [-0.1, -0.05) is 11.6 Å². The molecule has 0 radical (unpaired) electrons. The van der Waals surface area contributed by atoms with Crippen molar-refractivity contribution in [2.45, 2.75) is 20.0 Å². The number of hydrogen-bond donors (Lipinski definition) is 0. The van der Waals surface area contributed by atoms with Gasteiger partial charge in [0.05, 0.1) is 25.2 Å². The zero-order chi connectivity index (χ0) is 22.8. The van der Waals surface area contributed by atoms with Gasteiger partial charge < -0.3 is 18.6 Å². The Morgan fingerprint density at radius 1 is 1.03 bits per heavy atom. The summed E-state index contributed by atoms with van der Waals surface area (Å²) in [6, 6.07) is 8.28. The summed E-state index contributed by atoms with van der Waals surface area (Å²) in [5, 5.41) is 0.00680. The molecule has 2 aromatic carbocycles. The molecule has 0 aliphatic heterocycles. The molecule has 0 fully saturated rings. The van der Waals surface area contributed by atoms with Gasteiger partial charge in [-0.25, -0.2) is 0 Å². The molecule has 0 unspecified atom stereocenters. The van der Waals surface area contributed by atoms with Gasteiger partial charge in [-0.2, -0.15) is 13.2 Å². The largest absolute Gasteiger partial charge is 0.493 e. The Labute approximate surface area is 176 Å². The highest BCUT2D eigenvalue weighted by Gasteiger charge is 2.39. The number of halogens is 3. The zero-order valence-corrected chi connectivity index (χ0v) is 17.4. The fraction of sp³-hybridized carbons (Fsp3) is 0.261. The van der Waals surface area contributed by atoms with Crippen LogP contribution in [0.3, 0.4) is 0 Å². The number of methoxy groups -OCH3 is 2. The third kappa shape index (κ3) is 4.68. The first-order valence-electron chi connectivity index (χ1n) is 9.32. The monoisotopic (exact) mass is 434 g/mol. The maximum atomic E-state index is 13.8. The maximum absolute atomic E-state index is 13.8. The average Bonchev–Trinajstić information content (AvgIpc) is 2.72. The Bertz CT molecular complexity index is 1190. The average molecular weight is 434 g/mol. The minimum absolute atomic E-state index is 0.00418. The van der Waals surface area contributed by atoms with E-state index in [-0.39, 0.29) is 28.9 Å². The van der Waals surface area contributed by atoms with E-state index in [0.717, 1.165) is 5.57 Å². The van der Waals surface area contributed by atoms with E-state index in [0.29, 0.717) is 11.5 Å². The van der Waals surface area contributed by atoms with E-state index in [1.807, 2.05) is 19.9 Å². The van der Waals surface area contributed by atoms with Crippen LogP contribution in [0.15, 0.2) is 57.3 Å². The molecule has 1 heterocycles. The topological polar surface area (TPSA) is 57.9 Å². The first kappa shape index (κ1) is 22.3. The Hall–Kier alpha value is -3.42. The normalized spacial score (nSPS) is 11.3. The molecule has 164 valence electrons. The predicted molar refractivity (Wildman–Crippen MR) is 111 cm³/mol. The molecule has 0 amide bonds. The van der Waals surface area contributed by atoms with Crippen LogP contribution >= 0.6 is 0 Å². The number of alkyl halides is 3. The van der Waals surface area contributed by atoms with Gasteiger partial charge >= 0.3 is 6.18 Å². The van der Waals surface area contributed by atoms with Crippen LogP contribution in [0.1, 0.15) is 19.6 Å². The second kappa shape index (κ2) is 8.75. The van der Waals surface area contributed by atoms with E-state index < -0.39 is 22.9 Å². The van der Waals surface area contributed by atoms with E-state index in [1.54, 1.807) is 0 Å². The summed E-state index contributed by atoms with van der Waals surface area (Å²) >= 11 is 0. The lowest BCUT2D eigenvalue weighted by molar-refractivity contribution is -0.152. The van der Waals surface area contributed by atoms with Crippen LogP contribution in [0.5, 0.6) is 17.2 Å². The van der Waals surface area contributed by atoms with Crippen molar-refractivity contribution < 1.29 is 31.8 Å². The van der Waals surface area contributed by atoms with Gasteiger partial charge in [-0.05, 0) is 49.8 Å². The third-order valence-electron chi connectivity index (χ3n) is 4.54. The van der Waals surface area contributed by atoms with E-state index in [2.05, 4.69) is 0 Å². The minimum Gasteiger partial charge on any atom is -0.493 e. The van der Waals surface area contributed by atoms with E-state index in [1.165, 1.54) is 50.6 Å². The van der Waals surface area contributed by atoms with Crippen LogP contribution in [-0.2, 0) is 6.18 Å². The van der Waals surface area contributed by atoms with Crippen LogP contribution in [0.4, 0.5) is 13.2 Å².